The molecule has 6 heavy (non-hydrogen) atoms. The van der Waals surface area contributed by atoms with E-state index in [9.17, 15) is 4.39 Å². The highest BCUT2D eigenvalue weighted by molar-refractivity contribution is 7.38. The van der Waals surface area contributed by atoms with E-state index in [0.717, 1.165) is 0 Å². The quantitative estimate of drug-likeness (QED) is 0.383. The molecule has 0 aliphatic rings. The van der Waals surface area contributed by atoms with Gasteiger partial charge in [-0.25, -0.2) is 0 Å². The Hall–Kier alpha value is 0.240. The zero-order valence-corrected chi connectivity index (χ0v) is 4.06. The summed E-state index contributed by atoms with van der Waals surface area (Å²) in [7, 11) is -2.12. The molecule has 0 aliphatic heterocycles. The zero-order chi connectivity index (χ0) is 5.58. The molecular weight excluding hydrogens is 110 g/mol. The fourth-order valence-electron chi connectivity index (χ4n) is 0. The van der Waals surface area contributed by atoms with E-state index < -0.39 is 8.60 Å². The van der Waals surface area contributed by atoms with E-state index in [1.54, 1.807) is 0 Å². The van der Waals surface area contributed by atoms with Crippen molar-refractivity contribution in [2.45, 2.75) is 0 Å². The van der Waals surface area contributed by atoms with Crippen molar-refractivity contribution in [3.8, 4) is 0 Å². The van der Waals surface area contributed by atoms with Gasteiger partial charge in [0.1, 0.15) is 0 Å². The van der Waals surface area contributed by atoms with Crippen molar-refractivity contribution in [1.29, 1.82) is 0 Å². The summed E-state index contributed by atoms with van der Waals surface area (Å²) in [6.45, 7) is 0. The van der Waals surface area contributed by atoms with E-state index in [0.29, 0.717) is 7.18 Å². The van der Waals surface area contributed by atoms with Gasteiger partial charge in [0.25, 0.3) is 0 Å². The number of halogens is 1. The average molecular weight is 116 g/mol. The van der Waals surface area contributed by atoms with Crippen LogP contribution in [0.15, 0.2) is 0 Å². The maximum absolute atomic E-state index is 9.50. The molecule has 0 amide bonds. The van der Waals surface area contributed by atoms with Crippen LogP contribution in [0.25, 0.3) is 0 Å². The van der Waals surface area contributed by atoms with Gasteiger partial charge in [-0.3, -0.25) is 4.39 Å². The Morgan fingerprint density at radius 2 is 1.17 bits per heavy atom. The van der Waals surface area contributed by atoms with Crippen LogP contribution >= 0.6 is 8.60 Å². The Labute approximate surface area is 36.1 Å². The average Bonchev–Trinajstić information content (AvgIpc) is 1.41. The highest BCUT2D eigenvalue weighted by Gasteiger charge is 1.76. The summed E-state index contributed by atoms with van der Waals surface area (Å²) >= 11 is 0. The predicted octanol–water partition coefficient (Wildman–Crippen LogP) is -0.224. The van der Waals surface area contributed by atoms with Crippen molar-refractivity contribution in [1.82, 2.24) is 0 Å². The second kappa shape index (κ2) is 8.97. The second-order valence-corrected chi connectivity index (χ2v) is 0.805. The molecule has 0 bridgehead atoms. The summed E-state index contributed by atoms with van der Waals surface area (Å²) in [5.41, 5.74) is 0. The van der Waals surface area contributed by atoms with Gasteiger partial charge in [-0.1, -0.05) is 0 Å². The van der Waals surface area contributed by atoms with Crippen LogP contribution in [-0.4, -0.2) is 21.9 Å². The fraction of sp³-hybridized carbons (Fsp3) is 1.00. The first-order chi connectivity index (χ1) is 2.73. The summed E-state index contributed by atoms with van der Waals surface area (Å²) in [6.07, 6.45) is 0. The highest BCUT2D eigenvalue weighted by Crippen LogP contribution is 2.11. The maximum Gasteiger partial charge on any atom is 0.324 e. The lowest BCUT2D eigenvalue weighted by molar-refractivity contribution is 0.368. The Bertz CT molecular complexity index is 15.5. The highest BCUT2D eigenvalue weighted by atomic mass is 31.2. The third kappa shape index (κ3) is 773. The number of hydrogen-bond acceptors (Lipinski definition) is 3. The van der Waals surface area contributed by atoms with E-state index >= 15 is 0 Å². The van der Waals surface area contributed by atoms with Gasteiger partial charge in [0.2, 0.25) is 0 Å². The topological polar surface area (TPSA) is 60.7 Å². The molecule has 0 heterocycles. The van der Waals surface area contributed by atoms with Crippen molar-refractivity contribution in [3.63, 3.8) is 0 Å². The molecule has 0 unspecified atom stereocenters. The Balaban J connectivity index is 0. The van der Waals surface area contributed by atoms with E-state index in [1.807, 2.05) is 0 Å². The van der Waals surface area contributed by atoms with Crippen molar-refractivity contribution in [2.75, 3.05) is 7.18 Å². The van der Waals surface area contributed by atoms with Crippen LogP contribution in [0.3, 0.4) is 0 Å². The van der Waals surface area contributed by atoms with Crippen LogP contribution in [-0.2, 0) is 0 Å². The predicted molar refractivity (Wildman–Crippen MR) is 20.6 cm³/mol. The third-order valence-electron chi connectivity index (χ3n) is 0. The van der Waals surface area contributed by atoms with Gasteiger partial charge in [0, 0.05) is 0 Å². The minimum absolute atomic E-state index is 0.500. The molecule has 0 aromatic carbocycles. The summed E-state index contributed by atoms with van der Waals surface area (Å²) in [6, 6.07) is 0. The van der Waals surface area contributed by atoms with Gasteiger partial charge in [-0.05, 0) is 0 Å². The lowest BCUT2D eigenvalue weighted by atomic mass is 11.9. The maximum atomic E-state index is 9.50. The molecule has 3 nitrogen and oxygen atoms in total. The van der Waals surface area contributed by atoms with Crippen LogP contribution in [0.5, 0.6) is 0 Å². The van der Waals surface area contributed by atoms with Crippen LogP contribution in [0.4, 0.5) is 4.39 Å². The van der Waals surface area contributed by atoms with Crippen molar-refractivity contribution >= 4 is 8.60 Å². The minimum Gasteiger partial charge on any atom is -0.328 e. The lowest BCUT2D eigenvalue weighted by Crippen LogP contribution is -1.54. The van der Waals surface area contributed by atoms with Crippen LogP contribution in [0, 0.1) is 0 Å². The zero-order valence-electron chi connectivity index (χ0n) is 3.17. The minimum atomic E-state index is -2.62. The molecule has 0 spiro atoms. The molecule has 3 N–H and O–H groups in total. The molecule has 0 radical (unpaired) electrons. The van der Waals surface area contributed by atoms with Crippen molar-refractivity contribution in [2.24, 2.45) is 0 Å². The normalized spacial score (nSPS) is 7.00. The van der Waals surface area contributed by atoms with Gasteiger partial charge >= 0.3 is 8.60 Å². The Morgan fingerprint density at radius 1 is 1.17 bits per heavy atom. The summed E-state index contributed by atoms with van der Waals surface area (Å²) < 4.78 is 9.50. The summed E-state index contributed by atoms with van der Waals surface area (Å²) in [5.74, 6) is 0. The number of alkyl halides is 1. The fourth-order valence-corrected chi connectivity index (χ4v) is 0. The van der Waals surface area contributed by atoms with Gasteiger partial charge in [-0.15, -0.1) is 0 Å². The molecule has 0 aromatic rings. The van der Waals surface area contributed by atoms with Gasteiger partial charge in [0.05, 0.1) is 7.18 Å². The van der Waals surface area contributed by atoms with Crippen LogP contribution < -0.4 is 0 Å². The van der Waals surface area contributed by atoms with E-state index in [2.05, 4.69) is 0 Å². The molecular formula is CH6FO3P. The van der Waals surface area contributed by atoms with Crippen LogP contribution in [0.2, 0.25) is 0 Å². The second-order valence-electron chi connectivity index (χ2n) is 0.268. The third-order valence-corrected chi connectivity index (χ3v) is 0. The first-order valence-corrected chi connectivity index (χ1v) is 2.18. The molecule has 40 valence electrons. The molecule has 0 saturated carbocycles. The van der Waals surface area contributed by atoms with Crippen molar-refractivity contribution < 1.29 is 19.1 Å². The number of rotatable bonds is 0. The SMILES string of the molecule is CF.OP(O)O. The largest absolute Gasteiger partial charge is 0.328 e. The summed E-state index contributed by atoms with van der Waals surface area (Å²) in [4.78, 5) is 21.7. The van der Waals surface area contributed by atoms with Gasteiger partial charge < -0.3 is 14.7 Å². The van der Waals surface area contributed by atoms with Gasteiger partial charge in [0.15, 0.2) is 0 Å². The van der Waals surface area contributed by atoms with E-state index in [-0.39, 0.29) is 0 Å². The Kier molecular flexibility index (Phi) is 14.3. The lowest BCUT2D eigenvalue weighted by Gasteiger charge is -1.76. The van der Waals surface area contributed by atoms with Crippen molar-refractivity contribution in [3.05, 3.63) is 0 Å². The molecule has 0 saturated heterocycles. The molecule has 0 rings (SSSR count). The first kappa shape index (κ1) is 9.53. The smallest absolute Gasteiger partial charge is 0.324 e. The number of hydrogen-bond donors (Lipinski definition) is 3. The van der Waals surface area contributed by atoms with Crippen LogP contribution in [0.1, 0.15) is 0 Å². The van der Waals surface area contributed by atoms with E-state index in [4.69, 9.17) is 14.7 Å². The van der Waals surface area contributed by atoms with E-state index in [1.165, 1.54) is 0 Å². The molecule has 0 aromatic heterocycles. The molecule has 0 aliphatic carbocycles. The Morgan fingerprint density at radius 3 is 1.17 bits per heavy atom. The molecule has 0 atom stereocenters. The first-order valence-electron chi connectivity index (χ1n) is 0.978. The molecule has 5 heteroatoms. The summed E-state index contributed by atoms with van der Waals surface area (Å²) in [5, 5.41) is 0. The molecule has 0 fully saturated rings. The standard InChI is InChI=1S/CH3F.H3O3P/c1-2;1-4(2)3/h1H3;1-3H. The van der Waals surface area contributed by atoms with Gasteiger partial charge in [-0.2, -0.15) is 0 Å². The monoisotopic (exact) mass is 116 g/mol.